The third-order valence-electron chi connectivity index (χ3n) is 3.69. The summed E-state index contributed by atoms with van der Waals surface area (Å²) >= 11 is 11.9. The highest BCUT2D eigenvalue weighted by Gasteiger charge is 2.15. The molecule has 23 heavy (non-hydrogen) atoms. The molecule has 7 heteroatoms. The second-order valence-electron chi connectivity index (χ2n) is 5.42. The summed E-state index contributed by atoms with van der Waals surface area (Å²) in [6, 6.07) is 6.60. The number of rotatable bonds is 3. The molecule has 2 heterocycles. The van der Waals surface area contributed by atoms with E-state index in [1.54, 1.807) is 24.3 Å². The molecule has 1 saturated heterocycles. The van der Waals surface area contributed by atoms with Crippen LogP contribution < -0.4 is 10.2 Å². The number of hydrogen-bond acceptors (Lipinski definition) is 4. The lowest BCUT2D eigenvalue weighted by molar-refractivity contribution is 0.102. The number of hydrogen-bond donors (Lipinski definition) is 1. The Morgan fingerprint density at radius 1 is 1.00 bits per heavy atom. The molecule has 3 rings (SSSR count). The van der Waals surface area contributed by atoms with Gasteiger partial charge < -0.3 is 10.2 Å². The first-order valence-corrected chi connectivity index (χ1v) is 8.22. The fourth-order valence-electron chi connectivity index (χ4n) is 2.59. The average molecular weight is 351 g/mol. The van der Waals surface area contributed by atoms with Crippen LogP contribution in [-0.2, 0) is 0 Å². The number of benzene rings is 1. The number of piperidine rings is 1. The lowest BCUT2D eigenvalue weighted by Crippen LogP contribution is -2.30. The molecule has 5 nitrogen and oxygen atoms in total. The summed E-state index contributed by atoms with van der Waals surface area (Å²) < 4.78 is 0. The minimum atomic E-state index is -0.316. The van der Waals surface area contributed by atoms with Gasteiger partial charge >= 0.3 is 0 Å². The number of aromatic nitrogens is 2. The van der Waals surface area contributed by atoms with Crippen LogP contribution in [0.1, 0.15) is 29.8 Å². The molecule has 1 aliphatic heterocycles. The van der Waals surface area contributed by atoms with E-state index in [0.29, 0.717) is 21.4 Å². The number of halogens is 2. The number of nitrogens with one attached hydrogen (secondary N) is 1. The monoisotopic (exact) mass is 350 g/mol. The number of anilines is 2. The Bertz CT molecular complexity index is 697. The number of amides is 1. The molecule has 0 bridgehead atoms. The Morgan fingerprint density at radius 2 is 1.70 bits per heavy atom. The van der Waals surface area contributed by atoms with Gasteiger partial charge in [0.25, 0.3) is 5.91 Å². The molecule has 1 amide bonds. The average Bonchev–Trinajstić information content (AvgIpc) is 2.55. The maximum absolute atomic E-state index is 12.4. The first-order valence-electron chi connectivity index (χ1n) is 7.46. The Labute approximate surface area is 144 Å². The minimum absolute atomic E-state index is 0.316. The molecule has 1 aromatic heterocycles. The molecular weight excluding hydrogens is 335 g/mol. The van der Waals surface area contributed by atoms with Crippen molar-refractivity contribution in [2.24, 2.45) is 0 Å². The van der Waals surface area contributed by atoms with Crippen molar-refractivity contribution in [2.45, 2.75) is 19.3 Å². The van der Waals surface area contributed by atoms with Gasteiger partial charge in [0.2, 0.25) is 0 Å². The molecule has 1 aromatic carbocycles. The predicted molar refractivity (Wildman–Crippen MR) is 92.5 cm³/mol. The summed E-state index contributed by atoms with van der Waals surface area (Å²) in [6.45, 7) is 1.92. The maximum atomic E-state index is 12.4. The summed E-state index contributed by atoms with van der Waals surface area (Å²) in [6.07, 6.45) is 4.95. The van der Waals surface area contributed by atoms with Gasteiger partial charge in [-0.15, -0.1) is 0 Å². The van der Waals surface area contributed by atoms with Gasteiger partial charge in [0.15, 0.2) is 0 Å². The highest BCUT2D eigenvalue weighted by molar-refractivity contribution is 6.35. The van der Waals surface area contributed by atoms with Crippen molar-refractivity contribution >= 4 is 40.6 Å². The fourth-order valence-corrected chi connectivity index (χ4v) is 3.11. The lowest BCUT2D eigenvalue weighted by atomic mass is 10.1. The minimum Gasteiger partial charge on any atom is -0.357 e. The first-order chi connectivity index (χ1) is 11.1. The number of nitrogens with zero attached hydrogens (tertiary/aromatic N) is 3. The normalized spacial score (nSPS) is 14.6. The zero-order chi connectivity index (χ0) is 16.2. The van der Waals surface area contributed by atoms with E-state index in [1.807, 2.05) is 0 Å². The lowest BCUT2D eigenvalue weighted by Gasteiger charge is -2.27. The summed E-state index contributed by atoms with van der Waals surface area (Å²) in [4.78, 5) is 22.9. The van der Waals surface area contributed by atoms with Crippen molar-refractivity contribution < 1.29 is 4.79 Å². The van der Waals surface area contributed by atoms with Crippen molar-refractivity contribution in [1.29, 1.82) is 0 Å². The van der Waals surface area contributed by atoms with E-state index < -0.39 is 0 Å². The molecule has 0 atom stereocenters. The molecule has 0 spiro atoms. The second-order valence-corrected chi connectivity index (χ2v) is 6.29. The van der Waals surface area contributed by atoms with Crippen LogP contribution in [-0.4, -0.2) is 29.0 Å². The second kappa shape index (κ2) is 7.15. The quantitative estimate of drug-likeness (QED) is 0.907. The first kappa shape index (κ1) is 16.0. The highest BCUT2D eigenvalue weighted by Crippen LogP contribution is 2.23. The van der Waals surface area contributed by atoms with Gasteiger partial charge in [0, 0.05) is 34.9 Å². The maximum Gasteiger partial charge on any atom is 0.274 e. The molecule has 0 saturated carbocycles. The van der Waals surface area contributed by atoms with Crippen LogP contribution in [0.2, 0.25) is 10.0 Å². The van der Waals surface area contributed by atoms with Crippen LogP contribution >= 0.6 is 23.2 Å². The van der Waals surface area contributed by atoms with Crippen molar-refractivity contribution in [3.05, 3.63) is 46.3 Å². The largest absolute Gasteiger partial charge is 0.357 e. The van der Waals surface area contributed by atoms with Gasteiger partial charge in [0.05, 0.1) is 0 Å². The van der Waals surface area contributed by atoms with E-state index in [-0.39, 0.29) is 5.91 Å². The number of carbonyl (C=O) groups is 1. The summed E-state index contributed by atoms with van der Waals surface area (Å²) in [5.74, 6) is 0.470. The van der Waals surface area contributed by atoms with Gasteiger partial charge in [-0.1, -0.05) is 23.2 Å². The smallest absolute Gasteiger partial charge is 0.274 e. The zero-order valence-corrected chi connectivity index (χ0v) is 13.9. The van der Waals surface area contributed by atoms with Gasteiger partial charge in [-0.25, -0.2) is 9.97 Å². The van der Waals surface area contributed by atoms with Crippen molar-refractivity contribution in [3.8, 4) is 0 Å². The fraction of sp³-hybridized carbons (Fsp3) is 0.312. The van der Waals surface area contributed by atoms with Gasteiger partial charge in [-0.3, -0.25) is 4.79 Å². The van der Waals surface area contributed by atoms with Crippen molar-refractivity contribution in [1.82, 2.24) is 9.97 Å². The summed E-state index contributed by atoms with van der Waals surface area (Å²) in [5, 5.41) is 3.68. The Morgan fingerprint density at radius 3 is 2.39 bits per heavy atom. The van der Waals surface area contributed by atoms with Crippen molar-refractivity contribution in [3.63, 3.8) is 0 Å². The van der Waals surface area contributed by atoms with Gasteiger partial charge in [-0.2, -0.15) is 0 Å². The van der Waals surface area contributed by atoms with Crippen LogP contribution in [0.4, 0.5) is 11.5 Å². The van der Waals surface area contributed by atoms with Crippen LogP contribution in [0.25, 0.3) is 0 Å². The molecule has 1 aliphatic rings. The molecule has 1 fully saturated rings. The summed E-state index contributed by atoms with van der Waals surface area (Å²) in [7, 11) is 0. The zero-order valence-electron chi connectivity index (χ0n) is 12.4. The molecule has 120 valence electrons. The van der Waals surface area contributed by atoms with E-state index in [2.05, 4.69) is 20.2 Å². The van der Waals surface area contributed by atoms with E-state index in [0.717, 1.165) is 31.7 Å². The van der Waals surface area contributed by atoms with Crippen LogP contribution in [0.5, 0.6) is 0 Å². The van der Waals surface area contributed by atoms with Gasteiger partial charge in [0.1, 0.15) is 17.8 Å². The molecule has 0 unspecified atom stereocenters. The van der Waals surface area contributed by atoms with Crippen molar-refractivity contribution in [2.75, 3.05) is 23.3 Å². The standard InChI is InChI=1S/C16H16Cl2N4O/c17-11-6-12(18)8-13(7-11)21-16(23)14-9-15(20-10-19-14)22-4-2-1-3-5-22/h6-10H,1-5H2,(H,21,23). The molecule has 0 radical (unpaired) electrons. The van der Waals surface area contributed by atoms with E-state index >= 15 is 0 Å². The Hall–Kier alpha value is -1.85. The summed E-state index contributed by atoms with van der Waals surface area (Å²) in [5.41, 5.74) is 0.849. The third kappa shape index (κ3) is 4.12. The molecule has 2 aromatic rings. The highest BCUT2D eigenvalue weighted by atomic mass is 35.5. The van der Waals surface area contributed by atoms with Crippen LogP contribution in [0, 0.1) is 0 Å². The van der Waals surface area contributed by atoms with Crippen LogP contribution in [0.15, 0.2) is 30.6 Å². The SMILES string of the molecule is O=C(Nc1cc(Cl)cc(Cl)c1)c1cc(N2CCCCC2)ncn1. The molecular formula is C16H16Cl2N4O. The van der Waals surface area contributed by atoms with E-state index in [9.17, 15) is 4.79 Å². The van der Waals surface area contributed by atoms with E-state index in [4.69, 9.17) is 23.2 Å². The predicted octanol–water partition coefficient (Wildman–Crippen LogP) is 4.03. The molecule has 1 N–H and O–H groups in total. The van der Waals surface area contributed by atoms with Gasteiger partial charge in [-0.05, 0) is 37.5 Å². The Kier molecular flexibility index (Phi) is 4.98. The molecule has 0 aliphatic carbocycles. The topological polar surface area (TPSA) is 58.1 Å². The third-order valence-corrected chi connectivity index (χ3v) is 4.12. The number of carbonyl (C=O) groups excluding carboxylic acids is 1. The van der Waals surface area contributed by atoms with E-state index in [1.165, 1.54) is 12.7 Å². The Balaban J connectivity index is 1.76. The van der Waals surface area contributed by atoms with Crippen LogP contribution in [0.3, 0.4) is 0 Å².